The molecule has 1 aromatic carbocycles. The number of ether oxygens (including phenoxy) is 1. The van der Waals surface area contributed by atoms with E-state index in [1.165, 1.54) is 12.1 Å². The van der Waals surface area contributed by atoms with Gasteiger partial charge in [-0.25, -0.2) is 9.07 Å². The van der Waals surface area contributed by atoms with E-state index in [2.05, 4.69) is 5.10 Å². The minimum Gasteiger partial charge on any atom is -0.378 e. The second-order valence-electron chi connectivity index (χ2n) is 6.94. The first kappa shape index (κ1) is 22.3. The molecule has 154 valence electrons. The van der Waals surface area contributed by atoms with Crippen LogP contribution in [0.1, 0.15) is 41.0 Å². The SMILES string of the molecule is Cc1nn(-c2ccc(F)cc2)c(C)c1C(=O)N1CCC(OCCCN)CC1.Cl. The van der Waals surface area contributed by atoms with Crippen LogP contribution in [0.2, 0.25) is 0 Å². The number of hydrogen-bond acceptors (Lipinski definition) is 4. The van der Waals surface area contributed by atoms with Gasteiger partial charge in [0.1, 0.15) is 5.82 Å². The minimum absolute atomic E-state index is 0. The Labute approximate surface area is 171 Å². The summed E-state index contributed by atoms with van der Waals surface area (Å²) in [5, 5.41) is 4.50. The van der Waals surface area contributed by atoms with Gasteiger partial charge in [0.15, 0.2) is 0 Å². The van der Waals surface area contributed by atoms with Crippen LogP contribution in [0.25, 0.3) is 5.69 Å². The Kier molecular flexibility index (Phi) is 7.98. The summed E-state index contributed by atoms with van der Waals surface area (Å²) in [5.41, 5.74) is 8.31. The number of likely N-dealkylation sites (tertiary alicyclic amines) is 1. The molecule has 2 N–H and O–H groups in total. The van der Waals surface area contributed by atoms with Gasteiger partial charge in [-0.1, -0.05) is 0 Å². The summed E-state index contributed by atoms with van der Waals surface area (Å²) in [6, 6.07) is 6.10. The van der Waals surface area contributed by atoms with Crippen molar-refractivity contribution in [3.8, 4) is 5.69 Å². The fourth-order valence-electron chi connectivity index (χ4n) is 3.50. The molecule has 0 spiro atoms. The molecular weight excluding hydrogens is 383 g/mol. The predicted octanol–water partition coefficient (Wildman–Crippen LogP) is 3.02. The van der Waals surface area contributed by atoms with Crippen molar-refractivity contribution in [2.24, 2.45) is 5.73 Å². The Morgan fingerprint density at radius 3 is 2.50 bits per heavy atom. The summed E-state index contributed by atoms with van der Waals surface area (Å²) >= 11 is 0. The van der Waals surface area contributed by atoms with Gasteiger partial charge in [0.2, 0.25) is 0 Å². The Bertz CT molecular complexity index is 786. The van der Waals surface area contributed by atoms with Crippen molar-refractivity contribution in [1.29, 1.82) is 0 Å². The van der Waals surface area contributed by atoms with Gasteiger partial charge in [-0.15, -0.1) is 12.4 Å². The number of halogens is 2. The van der Waals surface area contributed by atoms with Gasteiger partial charge in [0.05, 0.1) is 28.7 Å². The first-order valence-corrected chi connectivity index (χ1v) is 9.44. The van der Waals surface area contributed by atoms with Crippen LogP contribution in [-0.2, 0) is 4.74 Å². The summed E-state index contributed by atoms with van der Waals surface area (Å²) in [7, 11) is 0. The van der Waals surface area contributed by atoms with Crippen molar-refractivity contribution in [3.63, 3.8) is 0 Å². The van der Waals surface area contributed by atoms with Gasteiger partial charge < -0.3 is 15.4 Å². The molecule has 0 bridgehead atoms. The van der Waals surface area contributed by atoms with Crippen molar-refractivity contribution < 1.29 is 13.9 Å². The molecule has 0 radical (unpaired) electrons. The first-order chi connectivity index (χ1) is 13.0. The molecule has 1 amide bonds. The van der Waals surface area contributed by atoms with E-state index >= 15 is 0 Å². The van der Waals surface area contributed by atoms with E-state index in [9.17, 15) is 9.18 Å². The van der Waals surface area contributed by atoms with Crippen molar-refractivity contribution in [3.05, 3.63) is 47.0 Å². The highest BCUT2D eigenvalue weighted by Crippen LogP contribution is 2.22. The van der Waals surface area contributed by atoms with Crippen LogP contribution < -0.4 is 5.73 Å². The van der Waals surface area contributed by atoms with Crippen molar-refractivity contribution in [1.82, 2.24) is 14.7 Å². The second-order valence-corrected chi connectivity index (χ2v) is 6.94. The molecule has 1 aliphatic heterocycles. The molecule has 8 heteroatoms. The van der Waals surface area contributed by atoms with E-state index in [1.54, 1.807) is 16.8 Å². The zero-order valence-corrected chi connectivity index (χ0v) is 17.2. The average molecular weight is 411 g/mol. The molecule has 0 saturated carbocycles. The van der Waals surface area contributed by atoms with E-state index in [0.717, 1.165) is 30.6 Å². The number of nitrogens with two attached hydrogens (primary N) is 1. The van der Waals surface area contributed by atoms with Crippen molar-refractivity contribution in [2.75, 3.05) is 26.2 Å². The van der Waals surface area contributed by atoms with E-state index in [-0.39, 0.29) is 30.2 Å². The van der Waals surface area contributed by atoms with Gasteiger partial charge in [0, 0.05) is 19.7 Å². The molecule has 3 rings (SSSR count). The number of benzene rings is 1. The topological polar surface area (TPSA) is 73.4 Å². The Morgan fingerprint density at radius 2 is 1.89 bits per heavy atom. The fraction of sp³-hybridized carbons (Fsp3) is 0.500. The number of carbonyl (C=O) groups is 1. The van der Waals surface area contributed by atoms with Crippen LogP contribution >= 0.6 is 12.4 Å². The number of aromatic nitrogens is 2. The van der Waals surface area contributed by atoms with Crippen LogP contribution in [-0.4, -0.2) is 52.9 Å². The third kappa shape index (κ3) is 4.90. The molecule has 2 heterocycles. The maximum Gasteiger partial charge on any atom is 0.257 e. The zero-order chi connectivity index (χ0) is 19.4. The normalized spacial score (nSPS) is 14.8. The predicted molar refractivity (Wildman–Crippen MR) is 109 cm³/mol. The first-order valence-electron chi connectivity index (χ1n) is 9.44. The van der Waals surface area contributed by atoms with Gasteiger partial charge in [-0.2, -0.15) is 5.10 Å². The van der Waals surface area contributed by atoms with E-state index in [0.29, 0.717) is 37.5 Å². The number of nitrogens with zero attached hydrogens (tertiary/aromatic N) is 3. The molecule has 1 fully saturated rings. The average Bonchev–Trinajstić information content (AvgIpc) is 2.97. The Balaban J connectivity index is 0.00000280. The molecule has 1 aliphatic rings. The summed E-state index contributed by atoms with van der Waals surface area (Å²) in [5.74, 6) is -0.299. The molecule has 28 heavy (non-hydrogen) atoms. The van der Waals surface area contributed by atoms with Crippen LogP contribution in [0.4, 0.5) is 4.39 Å². The molecule has 1 saturated heterocycles. The maximum absolute atomic E-state index is 13.2. The molecular formula is C20H28ClFN4O2. The van der Waals surface area contributed by atoms with E-state index in [4.69, 9.17) is 10.5 Å². The maximum atomic E-state index is 13.2. The monoisotopic (exact) mass is 410 g/mol. The van der Waals surface area contributed by atoms with Crippen molar-refractivity contribution >= 4 is 18.3 Å². The van der Waals surface area contributed by atoms with Gasteiger partial charge in [-0.05, 0) is 63.9 Å². The third-order valence-corrected chi connectivity index (χ3v) is 5.01. The summed E-state index contributed by atoms with van der Waals surface area (Å²) in [4.78, 5) is 14.9. The summed E-state index contributed by atoms with van der Waals surface area (Å²) < 4.78 is 20.7. The van der Waals surface area contributed by atoms with Crippen LogP contribution in [0, 0.1) is 19.7 Å². The second kappa shape index (κ2) is 10.0. The third-order valence-electron chi connectivity index (χ3n) is 5.01. The molecule has 2 aromatic rings. The highest BCUT2D eigenvalue weighted by Gasteiger charge is 2.28. The van der Waals surface area contributed by atoms with E-state index in [1.807, 2.05) is 18.7 Å². The van der Waals surface area contributed by atoms with Crippen molar-refractivity contribution in [2.45, 2.75) is 39.2 Å². The lowest BCUT2D eigenvalue weighted by atomic mass is 10.1. The van der Waals surface area contributed by atoms with Crippen LogP contribution in [0.3, 0.4) is 0 Å². The van der Waals surface area contributed by atoms with Crippen LogP contribution in [0.5, 0.6) is 0 Å². The summed E-state index contributed by atoms with van der Waals surface area (Å²) in [6.07, 6.45) is 2.73. The lowest BCUT2D eigenvalue weighted by Crippen LogP contribution is -2.41. The van der Waals surface area contributed by atoms with Gasteiger partial charge in [-0.3, -0.25) is 4.79 Å². The molecule has 1 aromatic heterocycles. The smallest absolute Gasteiger partial charge is 0.257 e. The molecule has 0 aliphatic carbocycles. The number of rotatable bonds is 6. The largest absolute Gasteiger partial charge is 0.378 e. The number of hydrogen-bond donors (Lipinski definition) is 1. The highest BCUT2D eigenvalue weighted by atomic mass is 35.5. The van der Waals surface area contributed by atoms with Gasteiger partial charge >= 0.3 is 0 Å². The van der Waals surface area contributed by atoms with E-state index < -0.39 is 0 Å². The van der Waals surface area contributed by atoms with Gasteiger partial charge in [0.25, 0.3) is 5.91 Å². The zero-order valence-electron chi connectivity index (χ0n) is 16.4. The highest BCUT2D eigenvalue weighted by molar-refractivity contribution is 5.96. The number of piperidine rings is 1. The van der Waals surface area contributed by atoms with Crippen LogP contribution in [0.15, 0.2) is 24.3 Å². The number of amides is 1. The fourth-order valence-corrected chi connectivity index (χ4v) is 3.50. The lowest BCUT2D eigenvalue weighted by Gasteiger charge is -2.32. The summed E-state index contributed by atoms with van der Waals surface area (Å²) in [6.45, 7) is 6.37. The number of carbonyl (C=O) groups excluding carboxylic acids is 1. The Morgan fingerprint density at radius 1 is 1.25 bits per heavy atom. The quantitative estimate of drug-likeness (QED) is 0.743. The Hall–Kier alpha value is -1.96. The molecule has 0 unspecified atom stereocenters. The minimum atomic E-state index is -0.298. The number of aryl methyl sites for hydroxylation is 1. The standard InChI is InChI=1S/C20H27FN4O2.ClH/c1-14-19(15(2)25(23-14)17-6-4-16(21)5-7-17)20(26)24-11-8-18(9-12-24)27-13-3-10-22;/h4-7,18H,3,8-13,22H2,1-2H3;1H. The molecule has 6 nitrogen and oxygen atoms in total. The molecule has 0 atom stereocenters. The lowest BCUT2D eigenvalue weighted by molar-refractivity contribution is 0.00841.